The zero-order valence-electron chi connectivity index (χ0n) is 9.36. The zero-order valence-corrected chi connectivity index (χ0v) is 9.36. The van der Waals surface area contributed by atoms with Crippen molar-refractivity contribution < 1.29 is 0 Å². The Bertz CT molecular complexity index is 509. The molecule has 0 bridgehead atoms. The molecule has 0 unspecified atom stereocenters. The maximum absolute atomic E-state index is 4.57. The summed E-state index contributed by atoms with van der Waals surface area (Å²) in [6.45, 7) is 6.22. The lowest BCUT2D eigenvalue weighted by atomic mass is 10.2. The highest BCUT2D eigenvalue weighted by molar-refractivity contribution is 5.86. The molecule has 3 nitrogen and oxygen atoms in total. The van der Waals surface area contributed by atoms with Crippen molar-refractivity contribution in [1.82, 2.24) is 9.38 Å². The lowest BCUT2D eigenvalue weighted by molar-refractivity contribution is 1.15. The van der Waals surface area contributed by atoms with Gasteiger partial charge in [-0.15, -0.1) is 0 Å². The molecule has 0 saturated carbocycles. The minimum Gasteiger partial charge on any atom is -0.305 e. The summed E-state index contributed by atoms with van der Waals surface area (Å²) >= 11 is 0. The maximum atomic E-state index is 4.57. The Morgan fingerprint density at radius 3 is 3.07 bits per heavy atom. The van der Waals surface area contributed by atoms with Crippen molar-refractivity contribution in [2.24, 2.45) is 4.99 Å². The first-order valence-corrected chi connectivity index (χ1v) is 5.18. The number of aliphatic imine (C=N–C) groups is 1. The minimum absolute atomic E-state index is 0.924. The number of nitrogens with zero attached hydrogens (tertiary/aromatic N) is 3. The SMILES string of the molecule is CCC(C)=Nc1cc(C)cn2ccnc12. The lowest BCUT2D eigenvalue weighted by Gasteiger charge is -2.02. The Hall–Kier alpha value is -1.64. The van der Waals surface area contributed by atoms with Crippen LogP contribution in [0, 0.1) is 6.92 Å². The summed E-state index contributed by atoms with van der Waals surface area (Å²) in [5.41, 5.74) is 4.21. The van der Waals surface area contributed by atoms with Crippen LogP contribution in [0.25, 0.3) is 5.65 Å². The van der Waals surface area contributed by atoms with Crippen molar-refractivity contribution in [1.29, 1.82) is 0 Å². The molecule has 0 aliphatic heterocycles. The number of pyridine rings is 1. The number of rotatable bonds is 2. The van der Waals surface area contributed by atoms with E-state index >= 15 is 0 Å². The van der Waals surface area contributed by atoms with E-state index in [9.17, 15) is 0 Å². The fourth-order valence-electron chi connectivity index (χ4n) is 1.52. The highest BCUT2D eigenvalue weighted by Crippen LogP contribution is 2.21. The summed E-state index contributed by atoms with van der Waals surface area (Å²) in [7, 11) is 0. The zero-order chi connectivity index (χ0) is 10.8. The van der Waals surface area contributed by atoms with Gasteiger partial charge >= 0.3 is 0 Å². The largest absolute Gasteiger partial charge is 0.305 e. The number of aryl methyl sites for hydroxylation is 1. The average Bonchev–Trinajstić information content (AvgIpc) is 2.65. The van der Waals surface area contributed by atoms with E-state index in [2.05, 4.69) is 36.1 Å². The van der Waals surface area contributed by atoms with Gasteiger partial charge in [-0.3, -0.25) is 4.99 Å². The van der Waals surface area contributed by atoms with Gasteiger partial charge < -0.3 is 4.40 Å². The number of aromatic nitrogens is 2. The van der Waals surface area contributed by atoms with Crippen LogP contribution in [0.5, 0.6) is 0 Å². The average molecular weight is 201 g/mol. The summed E-state index contributed by atoms with van der Waals surface area (Å²) < 4.78 is 2.01. The maximum Gasteiger partial charge on any atom is 0.162 e. The van der Waals surface area contributed by atoms with Crippen LogP contribution in [0.15, 0.2) is 29.6 Å². The van der Waals surface area contributed by atoms with Gasteiger partial charge in [-0.25, -0.2) is 4.98 Å². The van der Waals surface area contributed by atoms with Crippen molar-refractivity contribution in [3.8, 4) is 0 Å². The molecule has 0 amide bonds. The van der Waals surface area contributed by atoms with Crippen LogP contribution >= 0.6 is 0 Å². The quantitative estimate of drug-likeness (QED) is 0.686. The van der Waals surface area contributed by atoms with Crippen molar-refractivity contribution >= 4 is 17.0 Å². The van der Waals surface area contributed by atoms with Gasteiger partial charge in [-0.1, -0.05) is 6.92 Å². The fraction of sp³-hybridized carbons (Fsp3) is 0.333. The predicted octanol–water partition coefficient (Wildman–Crippen LogP) is 3.15. The molecule has 2 rings (SSSR count). The molecule has 2 aromatic rings. The van der Waals surface area contributed by atoms with Crippen LogP contribution in [-0.2, 0) is 0 Å². The first kappa shape index (κ1) is 9.90. The Labute approximate surface area is 89.5 Å². The second-order valence-electron chi connectivity index (χ2n) is 3.76. The normalized spacial score (nSPS) is 12.3. The predicted molar refractivity (Wildman–Crippen MR) is 63.0 cm³/mol. The molecule has 78 valence electrons. The van der Waals surface area contributed by atoms with Gasteiger partial charge in [0, 0.05) is 24.3 Å². The summed E-state index contributed by atoms with van der Waals surface area (Å²) in [5.74, 6) is 0. The van der Waals surface area contributed by atoms with Gasteiger partial charge in [0.1, 0.15) is 5.69 Å². The van der Waals surface area contributed by atoms with E-state index in [0.29, 0.717) is 0 Å². The summed E-state index contributed by atoms with van der Waals surface area (Å²) in [4.78, 5) is 8.88. The third-order valence-electron chi connectivity index (χ3n) is 2.43. The van der Waals surface area contributed by atoms with Crippen molar-refractivity contribution in [3.63, 3.8) is 0 Å². The molecule has 2 aromatic heterocycles. The van der Waals surface area contributed by atoms with E-state index in [1.165, 1.54) is 5.56 Å². The molecule has 0 saturated heterocycles. The van der Waals surface area contributed by atoms with E-state index in [-0.39, 0.29) is 0 Å². The molecule has 0 aliphatic carbocycles. The van der Waals surface area contributed by atoms with E-state index in [4.69, 9.17) is 0 Å². The number of hydrogen-bond donors (Lipinski definition) is 0. The molecule has 0 fully saturated rings. The van der Waals surface area contributed by atoms with E-state index in [0.717, 1.165) is 23.5 Å². The lowest BCUT2D eigenvalue weighted by Crippen LogP contribution is -1.90. The topological polar surface area (TPSA) is 29.7 Å². The van der Waals surface area contributed by atoms with Crippen LogP contribution in [0.1, 0.15) is 25.8 Å². The molecule has 2 heterocycles. The Balaban J connectivity index is 2.63. The molecular weight excluding hydrogens is 186 g/mol. The first-order valence-electron chi connectivity index (χ1n) is 5.18. The molecule has 0 aliphatic rings. The van der Waals surface area contributed by atoms with Gasteiger partial charge in [-0.2, -0.15) is 0 Å². The van der Waals surface area contributed by atoms with Crippen LogP contribution < -0.4 is 0 Å². The van der Waals surface area contributed by atoms with E-state index < -0.39 is 0 Å². The van der Waals surface area contributed by atoms with Crippen molar-refractivity contribution in [2.75, 3.05) is 0 Å². The minimum atomic E-state index is 0.924. The van der Waals surface area contributed by atoms with Crippen LogP contribution in [0.2, 0.25) is 0 Å². The summed E-state index contributed by atoms with van der Waals surface area (Å²) in [6, 6.07) is 2.07. The third-order valence-corrected chi connectivity index (χ3v) is 2.43. The highest BCUT2D eigenvalue weighted by Gasteiger charge is 2.02. The monoisotopic (exact) mass is 201 g/mol. The van der Waals surface area contributed by atoms with Crippen LogP contribution in [-0.4, -0.2) is 15.1 Å². The summed E-state index contributed by atoms with van der Waals surface area (Å²) in [6.07, 6.45) is 6.78. The molecular formula is C12H15N3. The van der Waals surface area contributed by atoms with Gasteiger partial charge in [0.15, 0.2) is 5.65 Å². The number of hydrogen-bond acceptors (Lipinski definition) is 2. The number of imidazole rings is 1. The molecule has 0 atom stereocenters. The Morgan fingerprint density at radius 1 is 1.53 bits per heavy atom. The third kappa shape index (κ3) is 1.91. The standard InChI is InChI=1S/C12H15N3/c1-4-10(3)14-11-7-9(2)8-15-6-5-13-12(11)15/h5-8H,4H2,1-3H3. The molecule has 15 heavy (non-hydrogen) atoms. The van der Waals surface area contributed by atoms with Gasteiger partial charge in [0.2, 0.25) is 0 Å². The second-order valence-corrected chi connectivity index (χ2v) is 3.76. The highest BCUT2D eigenvalue weighted by atomic mass is 15.0. The molecule has 0 N–H and O–H groups in total. The van der Waals surface area contributed by atoms with Crippen LogP contribution in [0.3, 0.4) is 0 Å². The molecule has 0 aromatic carbocycles. The smallest absolute Gasteiger partial charge is 0.162 e. The summed E-state index contributed by atoms with van der Waals surface area (Å²) in [5, 5.41) is 0. The fourth-order valence-corrected chi connectivity index (χ4v) is 1.52. The van der Waals surface area contributed by atoms with Crippen LogP contribution in [0.4, 0.5) is 5.69 Å². The molecule has 0 radical (unpaired) electrons. The van der Waals surface area contributed by atoms with Gasteiger partial charge in [-0.05, 0) is 31.9 Å². The second kappa shape index (κ2) is 3.85. The van der Waals surface area contributed by atoms with Crippen molar-refractivity contribution in [2.45, 2.75) is 27.2 Å². The van der Waals surface area contributed by atoms with E-state index in [1.807, 2.05) is 17.5 Å². The van der Waals surface area contributed by atoms with Gasteiger partial charge in [0.25, 0.3) is 0 Å². The molecule has 3 heteroatoms. The Kier molecular flexibility index (Phi) is 2.54. The number of fused-ring (bicyclic) bond motifs is 1. The van der Waals surface area contributed by atoms with Crippen molar-refractivity contribution in [3.05, 3.63) is 30.2 Å². The molecule has 0 spiro atoms. The first-order chi connectivity index (χ1) is 7.20. The Morgan fingerprint density at radius 2 is 2.33 bits per heavy atom. The van der Waals surface area contributed by atoms with E-state index in [1.54, 1.807) is 6.20 Å². The van der Waals surface area contributed by atoms with Gasteiger partial charge in [0.05, 0.1) is 0 Å².